The number of nitrogens with one attached hydrogen (secondary N) is 2. The van der Waals surface area contributed by atoms with Crippen LogP contribution in [0.5, 0.6) is 0 Å². The van der Waals surface area contributed by atoms with Crippen LogP contribution in [0.1, 0.15) is 23.3 Å². The van der Waals surface area contributed by atoms with Crippen LogP contribution in [-0.2, 0) is 0 Å². The minimum absolute atomic E-state index is 0.0724. The van der Waals surface area contributed by atoms with Gasteiger partial charge in [-0.05, 0) is 47.4 Å². The maximum atomic E-state index is 12.2. The molecule has 1 atom stereocenters. The summed E-state index contributed by atoms with van der Waals surface area (Å²) in [5, 5.41) is 9.06. The lowest BCUT2D eigenvalue weighted by Gasteiger charge is -2.23. The first-order chi connectivity index (χ1) is 9.72. The summed E-state index contributed by atoms with van der Waals surface area (Å²) in [6, 6.07) is 4.23. The van der Waals surface area contributed by atoms with Crippen molar-refractivity contribution in [3.63, 3.8) is 0 Å². The average Bonchev–Trinajstić information content (AvgIpc) is 3.08. The Bertz CT molecular complexity index is 604. The first kappa shape index (κ1) is 14.2. The van der Waals surface area contributed by atoms with Crippen molar-refractivity contribution in [2.75, 3.05) is 13.1 Å². The summed E-state index contributed by atoms with van der Waals surface area (Å²) < 4.78 is 1.07. The lowest BCUT2D eigenvalue weighted by atomic mass is 10.1. The lowest BCUT2D eigenvalue weighted by Crippen LogP contribution is -2.45. The summed E-state index contributed by atoms with van der Waals surface area (Å²) >= 11 is 6.57. The van der Waals surface area contributed by atoms with Gasteiger partial charge >= 0.3 is 0 Å². The van der Waals surface area contributed by atoms with Gasteiger partial charge in [0.15, 0.2) is 0 Å². The van der Waals surface area contributed by atoms with E-state index >= 15 is 0 Å². The monoisotopic (exact) mass is 371 g/mol. The molecule has 2 aromatic heterocycles. The highest BCUT2D eigenvalue weighted by atomic mass is 79.9. The van der Waals surface area contributed by atoms with Gasteiger partial charge in [0, 0.05) is 18.0 Å². The molecule has 3 heterocycles. The van der Waals surface area contributed by atoms with Crippen molar-refractivity contribution in [2.24, 2.45) is 0 Å². The maximum absolute atomic E-state index is 12.2. The van der Waals surface area contributed by atoms with Gasteiger partial charge in [0.1, 0.15) is 10.7 Å². The predicted molar refractivity (Wildman–Crippen MR) is 86.5 cm³/mol. The first-order valence-corrected chi connectivity index (χ1v) is 8.94. The molecule has 0 spiro atoms. The van der Waals surface area contributed by atoms with Crippen LogP contribution >= 0.6 is 38.6 Å². The van der Waals surface area contributed by atoms with Crippen molar-refractivity contribution in [2.45, 2.75) is 18.9 Å². The Hall–Kier alpha value is -0.760. The molecule has 0 unspecified atom stereocenters. The Kier molecular flexibility index (Phi) is 4.50. The Labute approximate surface area is 133 Å². The molecule has 106 valence electrons. The molecular weight excluding hydrogens is 358 g/mol. The zero-order chi connectivity index (χ0) is 13.9. The van der Waals surface area contributed by atoms with Gasteiger partial charge in [-0.25, -0.2) is 4.98 Å². The highest BCUT2D eigenvalue weighted by Crippen LogP contribution is 2.33. The molecule has 0 aromatic carbocycles. The van der Waals surface area contributed by atoms with E-state index in [0.29, 0.717) is 5.69 Å². The number of thiophene rings is 1. The van der Waals surface area contributed by atoms with E-state index in [1.165, 1.54) is 11.3 Å². The topological polar surface area (TPSA) is 54.0 Å². The summed E-state index contributed by atoms with van der Waals surface area (Å²) in [7, 11) is 0. The molecule has 1 aliphatic heterocycles. The molecular formula is C13H14BrN3OS2. The van der Waals surface area contributed by atoms with E-state index in [1.807, 2.05) is 17.5 Å². The van der Waals surface area contributed by atoms with Gasteiger partial charge in [0.25, 0.3) is 5.91 Å². The summed E-state index contributed by atoms with van der Waals surface area (Å²) in [5.74, 6) is -0.0724. The van der Waals surface area contributed by atoms with Gasteiger partial charge in [-0.2, -0.15) is 0 Å². The van der Waals surface area contributed by atoms with E-state index in [9.17, 15) is 4.79 Å². The SMILES string of the molecule is O=C(N[C@H]1CCCNC1)c1csc(-c2ccc(Br)s2)n1. The summed E-state index contributed by atoms with van der Waals surface area (Å²) in [5.41, 5.74) is 0.514. The summed E-state index contributed by atoms with van der Waals surface area (Å²) in [6.07, 6.45) is 2.14. The van der Waals surface area contributed by atoms with Crippen LogP contribution < -0.4 is 10.6 Å². The second kappa shape index (κ2) is 6.34. The van der Waals surface area contributed by atoms with Gasteiger partial charge in [-0.3, -0.25) is 4.79 Å². The smallest absolute Gasteiger partial charge is 0.271 e. The lowest BCUT2D eigenvalue weighted by molar-refractivity contribution is 0.0926. The van der Waals surface area contributed by atoms with Crippen LogP contribution in [0.3, 0.4) is 0 Å². The third-order valence-electron chi connectivity index (χ3n) is 3.15. The highest BCUT2D eigenvalue weighted by molar-refractivity contribution is 9.11. The molecule has 0 bridgehead atoms. The first-order valence-electron chi connectivity index (χ1n) is 6.45. The van der Waals surface area contributed by atoms with Crippen LogP contribution in [-0.4, -0.2) is 30.0 Å². The Morgan fingerprint density at radius 1 is 1.50 bits per heavy atom. The fraction of sp³-hybridized carbons (Fsp3) is 0.385. The molecule has 0 saturated carbocycles. The summed E-state index contributed by atoms with van der Waals surface area (Å²) in [4.78, 5) is 17.7. The molecule has 7 heteroatoms. The molecule has 1 aliphatic rings. The van der Waals surface area contributed by atoms with Crippen LogP contribution in [0.4, 0.5) is 0 Å². The van der Waals surface area contributed by atoms with Gasteiger partial charge in [-0.1, -0.05) is 0 Å². The van der Waals surface area contributed by atoms with Crippen LogP contribution in [0.15, 0.2) is 21.3 Å². The quantitative estimate of drug-likeness (QED) is 0.871. The van der Waals surface area contributed by atoms with Crippen molar-refractivity contribution < 1.29 is 4.79 Å². The third kappa shape index (κ3) is 3.28. The molecule has 0 aliphatic carbocycles. The fourth-order valence-electron chi connectivity index (χ4n) is 2.15. The molecule has 3 rings (SSSR count). The fourth-order valence-corrected chi connectivity index (χ4v) is 4.41. The molecule has 4 nitrogen and oxygen atoms in total. The summed E-state index contributed by atoms with van der Waals surface area (Å²) in [6.45, 7) is 1.89. The second-order valence-corrected chi connectivity index (χ2v) is 7.98. The van der Waals surface area contributed by atoms with Crippen molar-refractivity contribution in [3.05, 3.63) is 27.0 Å². The molecule has 1 fully saturated rings. The number of aromatic nitrogens is 1. The minimum Gasteiger partial charge on any atom is -0.347 e. The van der Waals surface area contributed by atoms with E-state index in [1.54, 1.807) is 11.3 Å². The van der Waals surface area contributed by atoms with E-state index < -0.39 is 0 Å². The number of hydrogen-bond acceptors (Lipinski definition) is 5. The standard InChI is InChI=1S/C13H14BrN3OS2/c14-11-4-3-10(20-11)13-17-9(7-19-13)12(18)16-8-2-1-5-15-6-8/h3-4,7-8,15H,1-2,5-6H2,(H,16,18)/t8-/m0/s1. The number of halogens is 1. The third-order valence-corrected chi connectivity index (χ3v) is 5.79. The average molecular weight is 372 g/mol. The van der Waals surface area contributed by atoms with Crippen molar-refractivity contribution >= 4 is 44.5 Å². The van der Waals surface area contributed by atoms with Crippen molar-refractivity contribution in [1.82, 2.24) is 15.6 Å². The van der Waals surface area contributed by atoms with Crippen molar-refractivity contribution in [3.8, 4) is 9.88 Å². The number of rotatable bonds is 3. The molecule has 2 N–H and O–H groups in total. The largest absolute Gasteiger partial charge is 0.347 e. The molecule has 0 radical (unpaired) electrons. The number of carbonyl (C=O) groups excluding carboxylic acids is 1. The second-order valence-electron chi connectivity index (χ2n) is 4.66. The van der Waals surface area contributed by atoms with E-state index in [0.717, 1.165) is 39.6 Å². The number of nitrogens with zero attached hydrogens (tertiary/aromatic N) is 1. The maximum Gasteiger partial charge on any atom is 0.271 e. The molecule has 20 heavy (non-hydrogen) atoms. The number of hydrogen-bond donors (Lipinski definition) is 2. The normalized spacial score (nSPS) is 18.9. The zero-order valence-corrected chi connectivity index (χ0v) is 13.9. The van der Waals surface area contributed by atoms with Crippen molar-refractivity contribution in [1.29, 1.82) is 0 Å². The van der Waals surface area contributed by atoms with Gasteiger partial charge in [0.2, 0.25) is 0 Å². The minimum atomic E-state index is -0.0724. The Balaban J connectivity index is 1.68. The van der Waals surface area contributed by atoms with E-state index in [2.05, 4.69) is 31.5 Å². The van der Waals surface area contributed by atoms with E-state index in [4.69, 9.17) is 0 Å². The Morgan fingerprint density at radius 3 is 3.10 bits per heavy atom. The number of piperidine rings is 1. The number of carbonyl (C=O) groups is 1. The molecule has 2 aromatic rings. The number of amides is 1. The Morgan fingerprint density at radius 2 is 2.40 bits per heavy atom. The van der Waals surface area contributed by atoms with E-state index in [-0.39, 0.29) is 11.9 Å². The zero-order valence-electron chi connectivity index (χ0n) is 10.7. The molecule has 1 amide bonds. The van der Waals surface area contributed by atoms with Crippen LogP contribution in [0.25, 0.3) is 9.88 Å². The number of thiazole rings is 1. The predicted octanol–water partition coefficient (Wildman–Crippen LogP) is 3.12. The van der Waals surface area contributed by atoms with Gasteiger partial charge < -0.3 is 10.6 Å². The van der Waals surface area contributed by atoms with Crippen LogP contribution in [0, 0.1) is 0 Å². The highest BCUT2D eigenvalue weighted by Gasteiger charge is 2.18. The van der Waals surface area contributed by atoms with Crippen LogP contribution in [0.2, 0.25) is 0 Å². The van der Waals surface area contributed by atoms with Gasteiger partial charge in [0.05, 0.1) is 8.66 Å². The molecule has 1 saturated heterocycles. The van der Waals surface area contributed by atoms with Gasteiger partial charge in [-0.15, -0.1) is 22.7 Å².